The Hall–Kier alpha value is -3.42. The lowest BCUT2D eigenvalue weighted by Crippen LogP contribution is -2.40. The van der Waals surface area contributed by atoms with Crippen LogP contribution < -0.4 is 14.9 Å². The number of fused-ring (bicyclic) bond motifs is 2. The van der Waals surface area contributed by atoms with Crippen LogP contribution in [0.3, 0.4) is 0 Å². The van der Waals surface area contributed by atoms with Gasteiger partial charge in [-0.25, -0.2) is 9.79 Å². The number of para-hydroxylation sites is 1. The molecule has 8 heteroatoms. The van der Waals surface area contributed by atoms with Crippen LogP contribution in [0.25, 0.3) is 17.0 Å². The zero-order valence-corrected chi connectivity index (χ0v) is 21.3. The molecule has 0 aliphatic carbocycles. The number of hydrogen-bond acceptors (Lipinski definition) is 5. The second-order valence-electron chi connectivity index (χ2n) is 8.80. The zero-order valence-electron chi connectivity index (χ0n) is 19.8. The van der Waals surface area contributed by atoms with Crippen LogP contribution in [-0.2, 0) is 9.53 Å². The first-order chi connectivity index (χ1) is 16.7. The number of nitrogens with zero attached hydrogens (tertiary/aromatic N) is 2. The van der Waals surface area contributed by atoms with Gasteiger partial charge in [0.1, 0.15) is 0 Å². The van der Waals surface area contributed by atoms with E-state index in [1.54, 1.807) is 37.5 Å². The normalized spacial score (nSPS) is 16.1. The van der Waals surface area contributed by atoms with Gasteiger partial charge in [0, 0.05) is 27.2 Å². The SMILES string of the molecule is CC1=C(C(=O)OC(C)C)[C@H](c2ccc(Cl)cc2)n2c(sc(=Cc3c(C)[nH]c4ccccc34)c2=O)=N1. The highest BCUT2D eigenvalue weighted by Gasteiger charge is 2.33. The van der Waals surface area contributed by atoms with Crippen molar-refractivity contribution in [3.8, 4) is 0 Å². The maximum absolute atomic E-state index is 13.8. The Bertz CT molecular complexity index is 1670. The minimum Gasteiger partial charge on any atom is -0.459 e. The van der Waals surface area contributed by atoms with Crippen molar-refractivity contribution < 1.29 is 9.53 Å². The zero-order chi connectivity index (χ0) is 24.9. The first kappa shape index (κ1) is 23.3. The molecule has 6 nitrogen and oxygen atoms in total. The third-order valence-electron chi connectivity index (χ3n) is 5.99. The summed E-state index contributed by atoms with van der Waals surface area (Å²) in [6, 6.07) is 14.5. The number of hydrogen-bond donors (Lipinski definition) is 1. The molecule has 1 N–H and O–H groups in total. The molecule has 0 unspecified atom stereocenters. The number of H-pyrrole nitrogens is 1. The molecule has 0 saturated heterocycles. The molecule has 0 radical (unpaired) electrons. The largest absolute Gasteiger partial charge is 0.459 e. The van der Waals surface area contributed by atoms with Gasteiger partial charge in [-0.15, -0.1) is 0 Å². The summed E-state index contributed by atoms with van der Waals surface area (Å²) in [6.07, 6.45) is 1.60. The number of benzene rings is 2. The van der Waals surface area contributed by atoms with Crippen molar-refractivity contribution in [1.29, 1.82) is 0 Å². The number of nitrogens with one attached hydrogen (secondary N) is 1. The highest BCUT2D eigenvalue weighted by molar-refractivity contribution is 7.07. The number of ether oxygens (including phenoxy) is 1. The highest BCUT2D eigenvalue weighted by Crippen LogP contribution is 2.31. The summed E-state index contributed by atoms with van der Waals surface area (Å²) in [6.45, 7) is 7.36. The van der Waals surface area contributed by atoms with Gasteiger partial charge in [0.2, 0.25) is 0 Å². The molecule has 3 heterocycles. The number of carbonyl (C=O) groups excluding carboxylic acids is 1. The van der Waals surface area contributed by atoms with Crippen molar-refractivity contribution in [3.63, 3.8) is 0 Å². The van der Waals surface area contributed by atoms with Crippen LogP contribution in [0.5, 0.6) is 0 Å². The second kappa shape index (κ2) is 8.98. The Morgan fingerprint density at radius 2 is 1.89 bits per heavy atom. The Morgan fingerprint density at radius 3 is 2.60 bits per heavy atom. The third kappa shape index (κ3) is 4.15. The van der Waals surface area contributed by atoms with Gasteiger partial charge in [0.05, 0.1) is 27.9 Å². The molecular formula is C27H24ClN3O3S. The molecule has 0 fully saturated rings. The number of aromatic nitrogens is 2. The predicted molar refractivity (Wildman–Crippen MR) is 139 cm³/mol. The standard InChI is InChI=1S/C27H24ClN3O3S/c1-14(2)34-26(33)23-16(4)30-27-31(24(23)17-9-11-18(28)12-10-17)25(32)22(35-27)13-20-15(3)29-21-8-6-5-7-19(20)21/h5-14,24,29H,1-4H3/t24-/m0/s1. The average molecular weight is 506 g/mol. The maximum atomic E-state index is 13.8. The Kier molecular flexibility index (Phi) is 5.99. The molecule has 2 aromatic heterocycles. The number of aromatic amines is 1. The number of esters is 1. The minimum absolute atomic E-state index is 0.208. The van der Waals surface area contributed by atoms with E-state index < -0.39 is 12.0 Å². The fourth-order valence-electron chi connectivity index (χ4n) is 4.44. The lowest BCUT2D eigenvalue weighted by molar-refractivity contribution is -0.143. The number of aryl methyl sites for hydroxylation is 1. The molecule has 5 rings (SSSR count). The molecular weight excluding hydrogens is 482 g/mol. The van der Waals surface area contributed by atoms with E-state index in [-0.39, 0.29) is 11.7 Å². The lowest BCUT2D eigenvalue weighted by atomic mass is 9.96. The quantitative estimate of drug-likeness (QED) is 0.411. The molecule has 0 saturated carbocycles. The molecule has 1 aliphatic heterocycles. The molecule has 1 aliphatic rings. The number of rotatable bonds is 4. The van der Waals surface area contributed by atoms with Crippen molar-refractivity contribution in [2.24, 2.45) is 4.99 Å². The van der Waals surface area contributed by atoms with E-state index in [0.717, 1.165) is 27.7 Å². The Labute approximate surface area is 210 Å². The minimum atomic E-state index is -0.666. The van der Waals surface area contributed by atoms with E-state index in [0.29, 0.717) is 25.6 Å². The van der Waals surface area contributed by atoms with E-state index in [2.05, 4.69) is 9.98 Å². The average Bonchev–Trinajstić information content (AvgIpc) is 3.29. The third-order valence-corrected chi connectivity index (χ3v) is 7.22. The molecule has 4 aromatic rings. The van der Waals surface area contributed by atoms with E-state index >= 15 is 0 Å². The van der Waals surface area contributed by atoms with E-state index in [9.17, 15) is 9.59 Å². The first-order valence-electron chi connectivity index (χ1n) is 11.3. The summed E-state index contributed by atoms with van der Waals surface area (Å²) in [5.74, 6) is -0.483. The molecule has 0 bridgehead atoms. The number of carbonyl (C=O) groups is 1. The smallest absolute Gasteiger partial charge is 0.338 e. The molecule has 178 valence electrons. The van der Waals surface area contributed by atoms with Crippen LogP contribution in [0.4, 0.5) is 0 Å². The van der Waals surface area contributed by atoms with Crippen LogP contribution in [0.1, 0.15) is 43.6 Å². The number of allylic oxidation sites excluding steroid dienone is 1. The molecule has 0 amide bonds. The van der Waals surface area contributed by atoms with Gasteiger partial charge in [0.15, 0.2) is 4.80 Å². The van der Waals surface area contributed by atoms with Crippen molar-refractivity contribution in [1.82, 2.24) is 9.55 Å². The summed E-state index contributed by atoms with van der Waals surface area (Å²) in [5, 5.41) is 1.62. The summed E-state index contributed by atoms with van der Waals surface area (Å²) < 4.78 is 7.67. The van der Waals surface area contributed by atoms with E-state index in [4.69, 9.17) is 16.3 Å². The maximum Gasteiger partial charge on any atom is 0.338 e. The van der Waals surface area contributed by atoms with Crippen LogP contribution in [0.2, 0.25) is 5.02 Å². The first-order valence-corrected chi connectivity index (χ1v) is 12.5. The Balaban J connectivity index is 1.75. The summed E-state index contributed by atoms with van der Waals surface area (Å²) in [5.41, 5.74) is 4.39. The van der Waals surface area contributed by atoms with Crippen LogP contribution in [0, 0.1) is 6.92 Å². The summed E-state index contributed by atoms with van der Waals surface area (Å²) in [7, 11) is 0. The number of thiazole rings is 1. The van der Waals surface area contributed by atoms with Crippen molar-refractivity contribution >= 4 is 45.9 Å². The van der Waals surface area contributed by atoms with Crippen LogP contribution in [0.15, 0.2) is 69.6 Å². The number of halogens is 1. The van der Waals surface area contributed by atoms with Gasteiger partial charge in [0.25, 0.3) is 5.56 Å². The lowest BCUT2D eigenvalue weighted by Gasteiger charge is -2.25. The summed E-state index contributed by atoms with van der Waals surface area (Å²) >= 11 is 7.44. The molecule has 0 spiro atoms. The Morgan fingerprint density at radius 1 is 1.17 bits per heavy atom. The van der Waals surface area contributed by atoms with Gasteiger partial charge in [-0.2, -0.15) is 0 Å². The fourth-order valence-corrected chi connectivity index (χ4v) is 5.59. The van der Waals surface area contributed by atoms with Gasteiger partial charge in [-0.05, 0) is 57.5 Å². The van der Waals surface area contributed by atoms with Gasteiger partial charge in [-0.3, -0.25) is 9.36 Å². The van der Waals surface area contributed by atoms with Gasteiger partial charge in [-0.1, -0.05) is 53.3 Å². The van der Waals surface area contributed by atoms with E-state index in [1.807, 2.05) is 49.4 Å². The van der Waals surface area contributed by atoms with Crippen LogP contribution >= 0.6 is 22.9 Å². The molecule has 1 atom stereocenters. The summed E-state index contributed by atoms with van der Waals surface area (Å²) in [4.78, 5) is 35.5. The van der Waals surface area contributed by atoms with Crippen molar-refractivity contribution in [3.05, 3.63) is 101 Å². The van der Waals surface area contributed by atoms with Crippen molar-refractivity contribution in [2.75, 3.05) is 0 Å². The van der Waals surface area contributed by atoms with E-state index in [1.165, 1.54) is 11.3 Å². The highest BCUT2D eigenvalue weighted by atomic mass is 35.5. The fraction of sp³-hybridized carbons (Fsp3) is 0.222. The van der Waals surface area contributed by atoms with Gasteiger partial charge >= 0.3 is 5.97 Å². The molecule has 2 aromatic carbocycles. The molecule has 35 heavy (non-hydrogen) atoms. The second-order valence-corrected chi connectivity index (χ2v) is 10.2. The predicted octanol–water partition coefficient (Wildman–Crippen LogP) is 4.63. The monoisotopic (exact) mass is 505 g/mol. The topological polar surface area (TPSA) is 76.5 Å². The van der Waals surface area contributed by atoms with Crippen molar-refractivity contribution in [2.45, 2.75) is 39.8 Å². The van der Waals surface area contributed by atoms with Crippen LogP contribution in [-0.4, -0.2) is 21.6 Å². The van der Waals surface area contributed by atoms with Gasteiger partial charge < -0.3 is 9.72 Å².